The highest BCUT2D eigenvalue weighted by Gasteiger charge is 2.06. The molecule has 0 heterocycles. The van der Waals surface area contributed by atoms with E-state index in [1.165, 1.54) is 12.1 Å². The van der Waals surface area contributed by atoms with Crippen LogP contribution in [0.25, 0.3) is 0 Å². The van der Waals surface area contributed by atoms with Crippen molar-refractivity contribution in [3.63, 3.8) is 0 Å². The summed E-state index contributed by atoms with van der Waals surface area (Å²) in [6.45, 7) is 2.80. The minimum atomic E-state index is -0.220. The van der Waals surface area contributed by atoms with Crippen molar-refractivity contribution in [2.24, 2.45) is 0 Å². The Balaban J connectivity index is 2.27. The van der Waals surface area contributed by atoms with Gasteiger partial charge in [0.1, 0.15) is 5.82 Å². The number of rotatable bonds is 6. The van der Waals surface area contributed by atoms with Crippen molar-refractivity contribution in [3.8, 4) is 0 Å². The first-order valence-corrected chi connectivity index (χ1v) is 6.19. The average Bonchev–Trinajstić information content (AvgIpc) is 2.34. The van der Waals surface area contributed by atoms with Crippen LogP contribution in [0.3, 0.4) is 0 Å². The number of hydrogen-bond donors (Lipinski definition) is 1. The second kappa shape index (κ2) is 7.11. The van der Waals surface area contributed by atoms with Crippen LogP contribution in [0.1, 0.15) is 31.4 Å². The third-order valence-electron chi connectivity index (χ3n) is 2.89. The van der Waals surface area contributed by atoms with Crippen LogP contribution >= 0.6 is 0 Å². The Labute approximate surface area is 108 Å². The van der Waals surface area contributed by atoms with Gasteiger partial charge >= 0.3 is 0 Å². The van der Waals surface area contributed by atoms with Crippen molar-refractivity contribution in [2.45, 2.75) is 25.8 Å². The van der Waals surface area contributed by atoms with Crippen LogP contribution in [0.5, 0.6) is 0 Å². The normalized spacial score (nSPS) is 12.2. The minimum Gasteiger partial charge on any atom is -0.349 e. The van der Waals surface area contributed by atoms with Crippen molar-refractivity contribution < 1.29 is 9.18 Å². The molecule has 1 aromatic carbocycles. The van der Waals surface area contributed by atoms with Gasteiger partial charge in [0, 0.05) is 26.6 Å². The van der Waals surface area contributed by atoms with Gasteiger partial charge in [-0.3, -0.25) is 4.79 Å². The number of nitrogens with zero attached hydrogens (tertiary/aromatic N) is 1. The largest absolute Gasteiger partial charge is 0.349 e. The van der Waals surface area contributed by atoms with Gasteiger partial charge in [-0.2, -0.15) is 0 Å². The fraction of sp³-hybridized carbons (Fsp3) is 0.500. The highest BCUT2D eigenvalue weighted by Crippen LogP contribution is 2.12. The van der Waals surface area contributed by atoms with Gasteiger partial charge in [0.25, 0.3) is 0 Å². The SMILES string of the molecule is CC(NCCCC(=O)N(C)C)c1ccc(F)cc1. The Kier molecular flexibility index (Phi) is 5.78. The van der Waals surface area contributed by atoms with Crippen LogP contribution in [0.2, 0.25) is 0 Å². The number of hydrogen-bond acceptors (Lipinski definition) is 2. The van der Waals surface area contributed by atoms with Gasteiger partial charge in [-0.05, 0) is 37.6 Å². The molecular formula is C14H21FN2O. The molecular weight excluding hydrogens is 231 g/mol. The van der Waals surface area contributed by atoms with Crippen LogP contribution in [0.4, 0.5) is 4.39 Å². The maximum absolute atomic E-state index is 12.8. The van der Waals surface area contributed by atoms with E-state index in [2.05, 4.69) is 5.32 Å². The fourth-order valence-corrected chi connectivity index (χ4v) is 1.65. The summed E-state index contributed by atoms with van der Waals surface area (Å²) in [5.74, 6) is -0.0752. The van der Waals surface area contributed by atoms with E-state index in [0.29, 0.717) is 6.42 Å². The molecule has 0 aromatic heterocycles. The Hall–Kier alpha value is -1.42. The summed E-state index contributed by atoms with van der Waals surface area (Å²) in [5, 5.41) is 3.32. The molecule has 0 aliphatic carbocycles. The Bertz CT molecular complexity index is 376. The van der Waals surface area contributed by atoms with E-state index in [1.807, 2.05) is 6.92 Å². The number of carbonyl (C=O) groups is 1. The summed E-state index contributed by atoms with van der Waals surface area (Å²) >= 11 is 0. The molecule has 1 N–H and O–H groups in total. The molecule has 100 valence electrons. The molecule has 0 spiro atoms. The van der Waals surface area contributed by atoms with E-state index in [0.717, 1.165) is 18.5 Å². The van der Waals surface area contributed by atoms with Gasteiger partial charge in [-0.15, -0.1) is 0 Å². The van der Waals surface area contributed by atoms with E-state index in [-0.39, 0.29) is 17.8 Å². The maximum atomic E-state index is 12.8. The topological polar surface area (TPSA) is 32.3 Å². The van der Waals surface area contributed by atoms with Crippen molar-refractivity contribution in [2.75, 3.05) is 20.6 Å². The van der Waals surface area contributed by atoms with Gasteiger partial charge in [0.05, 0.1) is 0 Å². The average molecular weight is 252 g/mol. The molecule has 1 atom stereocenters. The number of amides is 1. The quantitative estimate of drug-likeness (QED) is 0.788. The summed E-state index contributed by atoms with van der Waals surface area (Å²) < 4.78 is 12.8. The van der Waals surface area contributed by atoms with E-state index >= 15 is 0 Å². The van der Waals surface area contributed by atoms with E-state index in [4.69, 9.17) is 0 Å². The monoisotopic (exact) mass is 252 g/mol. The third kappa shape index (κ3) is 4.84. The summed E-state index contributed by atoms with van der Waals surface area (Å²) in [4.78, 5) is 13.0. The van der Waals surface area contributed by atoms with Crippen molar-refractivity contribution >= 4 is 5.91 Å². The zero-order valence-electron chi connectivity index (χ0n) is 11.2. The molecule has 3 nitrogen and oxygen atoms in total. The van der Waals surface area contributed by atoms with Crippen molar-refractivity contribution in [1.29, 1.82) is 0 Å². The van der Waals surface area contributed by atoms with Crippen LogP contribution in [-0.4, -0.2) is 31.4 Å². The minimum absolute atomic E-state index is 0.145. The predicted molar refractivity (Wildman–Crippen MR) is 70.7 cm³/mol. The second-order valence-corrected chi connectivity index (χ2v) is 4.62. The summed E-state index contributed by atoms with van der Waals surface area (Å²) in [7, 11) is 3.52. The lowest BCUT2D eigenvalue weighted by Gasteiger charge is -2.15. The van der Waals surface area contributed by atoms with Gasteiger partial charge in [-0.25, -0.2) is 4.39 Å². The molecule has 1 amide bonds. The van der Waals surface area contributed by atoms with Crippen LogP contribution in [0, 0.1) is 5.82 Å². The molecule has 0 saturated heterocycles. The van der Waals surface area contributed by atoms with Gasteiger partial charge in [-0.1, -0.05) is 12.1 Å². The zero-order chi connectivity index (χ0) is 13.5. The number of benzene rings is 1. The first-order valence-electron chi connectivity index (χ1n) is 6.19. The van der Waals surface area contributed by atoms with Crippen LogP contribution in [0.15, 0.2) is 24.3 Å². The lowest BCUT2D eigenvalue weighted by molar-refractivity contribution is -0.128. The van der Waals surface area contributed by atoms with E-state index < -0.39 is 0 Å². The Morgan fingerprint density at radius 3 is 2.50 bits per heavy atom. The molecule has 0 fully saturated rings. The van der Waals surface area contributed by atoms with Crippen LogP contribution in [-0.2, 0) is 4.79 Å². The first-order chi connectivity index (χ1) is 8.50. The summed E-state index contributed by atoms with van der Waals surface area (Å²) in [5.41, 5.74) is 1.05. The molecule has 4 heteroatoms. The standard InChI is InChI=1S/C14H21FN2O/c1-11(12-6-8-13(15)9-7-12)16-10-4-5-14(18)17(2)3/h6-9,11,16H,4-5,10H2,1-3H3. The fourth-order valence-electron chi connectivity index (χ4n) is 1.65. The third-order valence-corrected chi connectivity index (χ3v) is 2.89. The second-order valence-electron chi connectivity index (χ2n) is 4.62. The zero-order valence-corrected chi connectivity index (χ0v) is 11.2. The maximum Gasteiger partial charge on any atom is 0.222 e. The van der Waals surface area contributed by atoms with Crippen molar-refractivity contribution in [3.05, 3.63) is 35.6 Å². The van der Waals surface area contributed by atoms with E-state index in [1.54, 1.807) is 31.1 Å². The number of halogens is 1. The highest BCUT2D eigenvalue weighted by molar-refractivity contribution is 5.75. The summed E-state index contributed by atoms with van der Waals surface area (Å²) in [6.07, 6.45) is 1.36. The van der Waals surface area contributed by atoms with Gasteiger partial charge in [0.15, 0.2) is 0 Å². The van der Waals surface area contributed by atoms with Crippen LogP contribution < -0.4 is 5.32 Å². The molecule has 0 aliphatic heterocycles. The molecule has 1 unspecified atom stereocenters. The predicted octanol–water partition coefficient (Wildman–Crippen LogP) is 2.34. The Morgan fingerprint density at radius 1 is 1.33 bits per heavy atom. The molecule has 1 rings (SSSR count). The summed E-state index contributed by atoms with van der Waals surface area (Å²) in [6, 6.07) is 6.64. The first kappa shape index (κ1) is 14.6. The molecule has 0 saturated carbocycles. The highest BCUT2D eigenvalue weighted by atomic mass is 19.1. The number of carbonyl (C=O) groups excluding carboxylic acids is 1. The van der Waals surface area contributed by atoms with Gasteiger partial charge < -0.3 is 10.2 Å². The Morgan fingerprint density at radius 2 is 1.94 bits per heavy atom. The lowest BCUT2D eigenvalue weighted by atomic mass is 10.1. The molecule has 0 bridgehead atoms. The molecule has 18 heavy (non-hydrogen) atoms. The number of nitrogens with one attached hydrogen (secondary N) is 1. The molecule has 0 radical (unpaired) electrons. The van der Waals surface area contributed by atoms with Crippen molar-refractivity contribution in [1.82, 2.24) is 10.2 Å². The lowest BCUT2D eigenvalue weighted by Crippen LogP contribution is -2.24. The molecule has 1 aromatic rings. The van der Waals surface area contributed by atoms with E-state index in [9.17, 15) is 9.18 Å². The van der Waals surface area contributed by atoms with Gasteiger partial charge in [0.2, 0.25) is 5.91 Å². The smallest absolute Gasteiger partial charge is 0.222 e. The molecule has 0 aliphatic rings.